The predicted molar refractivity (Wildman–Crippen MR) is 52.8 cm³/mol. The van der Waals surface area contributed by atoms with Crippen LogP contribution in [0.3, 0.4) is 0 Å². The summed E-state index contributed by atoms with van der Waals surface area (Å²) in [6.07, 6.45) is 4.96. The minimum absolute atomic E-state index is 0.789. The van der Waals surface area contributed by atoms with Gasteiger partial charge in [0.05, 0.1) is 6.20 Å². The quantitative estimate of drug-likeness (QED) is 0.650. The van der Waals surface area contributed by atoms with Crippen LogP contribution >= 0.6 is 11.3 Å². The number of thiazole rings is 1. The molecule has 3 rings (SSSR count). The molecule has 0 aliphatic heterocycles. The topological polar surface area (TPSA) is 67.3 Å². The second-order valence-corrected chi connectivity index (χ2v) is 3.59. The Bertz CT molecular complexity index is 556. The fraction of sp³-hybridized carbons (Fsp3) is 0. The zero-order valence-electron chi connectivity index (χ0n) is 7.01. The summed E-state index contributed by atoms with van der Waals surface area (Å²) >= 11 is 1.54. The number of H-pyrrole nitrogens is 1. The van der Waals surface area contributed by atoms with E-state index in [1.165, 1.54) is 6.33 Å². The largest absolute Gasteiger partial charge is 0.274 e. The highest BCUT2D eigenvalue weighted by Crippen LogP contribution is 2.24. The van der Waals surface area contributed by atoms with E-state index in [4.69, 9.17) is 0 Å². The lowest BCUT2D eigenvalue weighted by molar-refractivity contribution is 1.11. The van der Waals surface area contributed by atoms with E-state index >= 15 is 0 Å². The standard InChI is InChI=1S/C8H5N5S/c1-2-14-8(10-1)7-6-5(12-13-7)3-9-4-11-6/h1-4H,(H,12,13). The van der Waals surface area contributed by atoms with Crippen molar-refractivity contribution < 1.29 is 0 Å². The Morgan fingerprint density at radius 3 is 3.14 bits per heavy atom. The molecule has 0 spiro atoms. The number of aromatic nitrogens is 5. The van der Waals surface area contributed by atoms with Crippen LogP contribution in [-0.4, -0.2) is 25.1 Å². The lowest BCUT2D eigenvalue weighted by atomic mass is 10.3. The molecule has 0 bridgehead atoms. The third kappa shape index (κ3) is 1.01. The molecule has 0 amide bonds. The Hall–Kier alpha value is -1.82. The van der Waals surface area contributed by atoms with E-state index in [0.717, 1.165) is 21.7 Å². The molecule has 0 aromatic carbocycles. The van der Waals surface area contributed by atoms with Gasteiger partial charge in [0, 0.05) is 11.6 Å². The number of aromatic amines is 1. The zero-order chi connectivity index (χ0) is 9.38. The molecule has 3 aromatic heterocycles. The molecule has 0 unspecified atom stereocenters. The van der Waals surface area contributed by atoms with Crippen LogP contribution in [0.1, 0.15) is 0 Å². The fourth-order valence-corrected chi connectivity index (χ4v) is 1.89. The van der Waals surface area contributed by atoms with Gasteiger partial charge in [-0.05, 0) is 0 Å². The van der Waals surface area contributed by atoms with Crippen molar-refractivity contribution in [1.82, 2.24) is 25.1 Å². The molecule has 0 aliphatic rings. The second kappa shape index (κ2) is 2.85. The van der Waals surface area contributed by atoms with Crippen molar-refractivity contribution in [3.05, 3.63) is 24.1 Å². The average molecular weight is 203 g/mol. The molecular weight excluding hydrogens is 198 g/mol. The Kier molecular flexibility index (Phi) is 1.54. The van der Waals surface area contributed by atoms with Gasteiger partial charge in [0.2, 0.25) is 0 Å². The van der Waals surface area contributed by atoms with Crippen LogP contribution < -0.4 is 0 Å². The van der Waals surface area contributed by atoms with Gasteiger partial charge in [0.25, 0.3) is 0 Å². The fourth-order valence-electron chi connectivity index (χ4n) is 1.26. The van der Waals surface area contributed by atoms with E-state index in [9.17, 15) is 0 Å². The first kappa shape index (κ1) is 7.57. The summed E-state index contributed by atoms with van der Waals surface area (Å²) in [4.78, 5) is 12.3. The highest BCUT2D eigenvalue weighted by atomic mass is 32.1. The SMILES string of the molecule is c1csc(-c2n[nH]c3cncnc23)n1. The van der Waals surface area contributed by atoms with Gasteiger partial charge in [-0.2, -0.15) is 5.10 Å². The van der Waals surface area contributed by atoms with Crippen molar-refractivity contribution in [3.63, 3.8) is 0 Å². The minimum Gasteiger partial charge on any atom is -0.274 e. The van der Waals surface area contributed by atoms with Crippen LogP contribution in [0, 0.1) is 0 Å². The maximum atomic E-state index is 4.18. The summed E-state index contributed by atoms with van der Waals surface area (Å²) in [5, 5.41) is 9.81. The average Bonchev–Trinajstić information content (AvgIpc) is 2.85. The van der Waals surface area contributed by atoms with Crippen LogP contribution in [0.15, 0.2) is 24.1 Å². The van der Waals surface area contributed by atoms with E-state index in [0.29, 0.717) is 0 Å². The van der Waals surface area contributed by atoms with Gasteiger partial charge in [-0.3, -0.25) is 5.10 Å². The molecule has 3 heterocycles. The van der Waals surface area contributed by atoms with Crippen molar-refractivity contribution >= 4 is 22.4 Å². The van der Waals surface area contributed by atoms with Gasteiger partial charge in [0.1, 0.15) is 28.1 Å². The Balaban J connectivity index is 2.33. The lowest BCUT2D eigenvalue weighted by Crippen LogP contribution is -1.79. The van der Waals surface area contributed by atoms with Crippen LogP contribution in [0.5, 0.6) is 0 Å². The second-order valence-electron chi connectivity index (χ2n) is 2.69. The van der Waals surface area contributed by atoms with E-state index < -0.39 is 0 Å². The highest BCUT2D eigenvalue weighted by molar-refractivity contribution is 7.13. The number of fused-ring (bicyclic) bond motifs is 1. The first-order chi connectivity index (χ1) is 6.95. The highest BCUT2D eigenvalue weighted by Gasteiger charge is 2.10. The van der Waals surface area contributed by atoms with Gasteiger partial charge in [-0.15, -0.1) is 11.3 Å². The van der Waals surface area contributed by atoms with Crippen LogP contribution in [0.4, 0.5) is 0 Å². The predicted octanol–water partition coefficient (Wildman–Crippen LogP) is 1.48. The maximum Gasteiger partial charge on any atom is 0.147 e. The summed E-state index contributed by atoms with van der Waals surface area (Å²) in [6, 6.07) is 0. The van der Waals surface area contributed by atoms with Gasteiger partial charge in [-0.1, -0.05) is 0 Å². The van der Waals surface area contributed by atoms with Crippen LogP contribution in [0.25, 0.3) is 21.7 Å². The molecule has 3 aromatic rings. The number of nitrogens with one attached hydrogen (secondary N) is 1. The van der Waals surface area contributed by atoms with Crippen molar-refractivity contribution in [3.8, 4) is 10.7 Å². The molecule has 68 valence electrons. The van der Waals surface area contributed by atoms with Crippen LogP contribution in [0.2, 0.25) is 0 Å². The number of hydrogen-bond acceptors (Lipinski definition) is 5. The molecule has 0 atom stereocenters. The number of hydrogen-bond donors (Lipinski definition) is 1. The molecule has 0 fully saturated rings. The first-order valence-electron chi connectivity index (χ1n) is 3.99. The smallest absolute Gasteiger partial charge is 0.147 e. The van der Waals surface area contributed by atoms with Gasteiger partial charge < -0.3 is 0 Å². The normalized spacial score (nSPS) is 10.9. The van der Waals surface area contributed by atoms with Gasteiger partial charge in [0.15, 0.2) is 0 Å². The molecule has 5 nitrogen and oxygen atoms in total. The summed E-state index contributed by atoms with van der Waals surface area (Å²) < 4.78 is 0. The number of nitrogens with zero attached hydrogens (tertiary/aromatic N) is 4. The van der Waals surface area contributed by atoms with E-state index in [2.05, 4.69) is 25.1 Å². The third-order valence-electron chi connectivity index (χ3n) is 1.86. The molecule has 0 saturated heterocycles. The van der Waals surface area contributed by atoms with Crippen LogP contribution in [-0.2, 0) is 0 Å². The maximum absolute atomic E-state index is 4.18. The Morgan fingerprint density at radius 1 is 1.29 bits per heavy atom. The van der Waals surface area contributed by atoms with E-state index in [-0.39, 0.29) is 0 Å². The summed E-state index contributed by atoms with van der Waals surface area (Å²) in [6.45, 7) is 0. The Labute approximate surface area is 82.9 Å². The molecule has 0 aliphatic carbocycles. The molecule has 6 heteroatoms. The summed E-state index contributed by atoms with van der Waals surface area (Å²) in [5.74, 6) is 0. The zero-order valence-corrected chi connectivity index (χ0v) is 7.82. The molecule has 0 radical (unpaired) electrons. The van der Waals surface area contributed by atoms with Crippen molar-refractivity contribution in [2.75, 3.05) is 0 Å². The van der Waals surface area contributed by atoms with Crippen molar-refractivity contribution in [2.24, 2.45) is 0 Å². The molecule has 0 saturated carbocycles. The third-order valence-corrected chi connectivity index (χ3v) is 2.64. The van der Waals surface area contributed by atoms with Crippen molar-refractivity contribution in [1.29, 1.82) is 0 Å². The molecule has 1 N–H and O–H groups in total. The number of rotatable bonds is 1. The van der Waals surface area contributed by atoms with E-state index in [1.807, 2.05) is 5.38 Å². The Morgan fingerprint density at radius 2 is 2.29 bits per heavy atom. The minimum atomic E-state index is 0.789. The molecular formula is C8H5N5S. The van der Waals surface area contributed by atoms with Gasteiger partial charge in [-0.25, -0.2) is 15.0 Å². The van der Waals surface area contributed by atoms with Gasteiger partial charge >= 0.3 is 0 Å². The lowest BCUT2D eigenvalue weighted by Gasteiger charge is -1.88. The van der Waals surface area contributed by atoms with E-state index in [1.54, 1.807) is 23.7 Å². The summed E-state index contributed by atoms with van der Waals surface area (Å²) in [7, 11) is 0. The first-order valence-corrected chi connectivity index (χ1v) is 4.87. The summed E-state index contributed by atoms with van der Waals surface area (Å²) in [5.41, 5.74) is 2.44. The monoisotopic (exact) mass is 203 g/mol. The molecule has 14 heavy (non-hydrogen) atoms. The van der Waals surface area contributed by atoms with Crippen molar-refractivity contribution in [2.45, 2.75) is 0 Å².